The lowest BCUT2D eigenvalue weighted by Crippen LogP contribution is -2.28. The van der Waals surface area contributed by atoms with E-state index in [0.29, 0.717) is 12.4 Å². The van der Waals surface area contributed by atoms with Crippen molar-refractivity contribution in [2.24, 2.45) is 0 Å². The van der Waals surface area contributed by atoms with E-state index < -0.39 is 6.10 Å². The number of carbonyl (C=O) groups excluding carboxylic acids is 1. The third-order valence-corrected chi connectivity index (χ3v) is 3.02. The van der Waals surface area contributed by atoms with E-state index >= 15 is 0 Å². The Morgan fingerprint density at radius 2 is 2.15 bits per heavy atom. The third-order valence-electron chi connectivity index (χ3n) is 3.02. The summed E-state index contributed by atoms with van der Waals surface area (Å²) in [6.07, 6.45) is 1.17. The van der Waals surface area contributed by atoms with E-state index in [4.69, 9.17) is 4.74 Å². The van der Waals surface area contributed by atoms with Crippen LogP contribution in [-0.2, 0) is 9.53 Å². The fourth-order valence-electron chi connectivity index (χ4n) is 1.94. The van der Waals surface area contributed by atoms with Crippen LogP contribution >= 0.6 is 0 Å². The molecule has 0 saturated heterocycles. The monoisotopic (exact) mass is 273 g/mol. The molecule has 1 unspecified atom stereocenters. The van der Waals surface area contributed by atoms with E-state index in [1.165, 1.54) is 0 Å². The molecule has 1 heterocycles. The number of anilines is 1. The number of carbonyl (C=O) groups is 1. The zero-order valence-corrected chi connectivity index (χ0v) is 12.0. The first-order chi connectivity index (χ1) is 9.63. The number of aromatic nitrogens is 2. The number of nitrogens with one attached hydrogen (secondary N) is 1. The normalized spacial score (nSPS) is 12.2. The Balaban J connectivity index is 2.22. The van der Waals surface area contributed by atoms with Crippen LogP contribution in [0.4, 0.5) is 5.82 Å². The standard InChI is InChI=1S/C15H19N3O2/c1-4-20-12(3)15(19)17-14-9-10-16-18(14)13-8-6-5-7-11(13)2/h5-10,12H,4H2,1-3H3,(H,17,19). The van der Waals surface area contributed by atoms with Crippen molar-refractivity contribution in [3.8, 4) is 5.69 Å². The summed E-state index contributed by atoms with van der Waals surface area (Å²) in [6, 6.07) is 9.65. The van der Waals surface area contributed by atoms with E-state index in [-0.39, 0.29) is 5.91 Å². The number of hydrogen-bond donors (Lipinski definition) is 1. The molecule has 1 N–H and O–H groups in total. The van der Waals surface area contributed by atoms with Crippen molar-refractivity contribution >= 4 is 11.7 Å². The molecule has 0 bridgehead atoms. The van der Waals surface area contributed by atoms with E-state index in [9.17, 15) is 4.79 Å². The summed E-state index contributed by atoms with van der Waals surface area (Å²) in [6.45, 7) is 6.10. The topological polar surface area (TPSA) is 56.1 Å². The molecule has 2 rings (SSSR count). The molecule has 5 nitrogen and oxygen atoms in total. The van der Waals surface area contributed by atoms with E-state index in [2.05, 4.69) is 10.4 Å². The van der Waals surface area contributed by atoms with Gasteiger partial charge in [-0.1, -0.05) is 18.2 Å². The Hall–Kier alpha value is -2.14. The molecule has 1 aromatic carbocycles. The minimum atomic E-state index is -0.486. The van der Waals surface area contributed by atoms with Gasteiger partial charge in [-0.3, -0.25) is 4.79 Å². The highest BCUT2D eigenvalue weighted by Crippen LogP contribution is 2.18. The van der Waals surface area contributed by atoms with Crippen LogP contribution in [0.3, 0.4) is 0 Å². The molecule has 1 atom stereocenters. The Bertz CT molecular complexity index is 592. The Morgan fingerprint density at radius 1 is 1.40 bits per heavy atom. The van der Waals surface area contributed by atoms with Crippen LogP contribution < -0.4 is 5.32 Å². The molecule has 2 aromatic rings. The van der Waals surface area contributed by atoms with Gasteiger partial charge in [-0.2, -0.15) is 5.10 Å². The molecule has 0 radical (unpaired) electrons. The number of hydrogen-bond acceptors (Lipinski definition) is 3. The summed E-state index contributed by atoms with van der Waals surface area (Å²) in [5.74, 6) is 0.457. The lowest BCUT2D eigenvalue weighted by Gasteiger charge is -2.14. The maximum absolute atomic E-state index is 12.0. The second kappa shape index (κ2) is 6.34. The smallest absolute Gasteiger partial charge is 0.254 e. The van der Waals surface area contributed by atoms with Gasteiger partial charge in [0.2, 0.25) is 0 Å². The number of benzene rings is 1. The molecule has 106 valence electrons. The average Bonchev–Trinajstić information content (AvgIpc) is 2.87. The fraction of sp³-hybridized carbons (Fsp3) is 0.333. The molecule has 1 amide bonds. The van der Waals surface area contributed by atoms with Gasteiger partial charge in [-0.15, -0.1) is 0 Å². The number of ether oxygens (including phenoxy) is 1. The van der Waals surface area contributed by atoms with Crippen molar-refractivity contribution in [3.05, 3.63) is 42.1 Å². The predicted molar refractivity (Wildman–Crippen MR) is 78.0 cm³/mol. The predicted octanol–water partition coefficient (Wildman–Crippen LogP) is 2.54. The first-order valence-corrected chi connectivity index (χ1v) is 6.66. The molecule has 0 aliphatic heterocycles. The number of nitrogens with zero attached hydrogens (tertiary/aromatic N) is 2. The molecule has 1 aromatic heterocycles. The average molecular weight is 273 g/mol. The van der Waals surface area contributed by atoms with Gasteiger partial charge in [0.25, 0.3) is 5.91 Å². The van der Waals surface area contributed by atoms with E-state index in [1.807, 2.05) is 38.1 Å². The van der Waals surface area contributed by atoms with Crippen molar-refractivity contribution in [2.45, 2.75) is 26.9 Å². The molecule has 0 saturated carbocycles. The minimum absolute atomic E-state index is 0.179. The highest BCUT2D eigenvalue weighted by atomic mass is 16.5. The molecule has 0 spiro atoms. The molecule has 0 aliphatic carbocycles. The van der Waals surface area contributed by atoms with Crippen LogP contribution in [0.2, 0.25) is 0 Å². The number of amides is 1. The summed E-state index contributed by atoms with van der Waals surface area (Å²) in [4.78, 5) is 12.0. The molecule has 0 fully saturated rings. The highest BCUT2D eigenvalue weighted by Gasteiger charge is 2.15. The van der Waals surface area contributed by atoms with Crippen LogP contribution in [-0.4, -0.2) is 28.4 Å². The zero-order valence-electron chi connectivity index (χ0n) is 12.0. The maximum atomic E-state index is 12.0. The number of para-hydroxylation sites is 1. The summed E-state index contributed by atoms with van der Waals surface area (Å²) in [5.41, 5.74) is 2.03. The summed E-state index contributed by atoms with van der Waals surface area (Å²) in [7, 11) is 0. The van der Waals surface area contributed by atoms with Crippen molar-refractivity contribution in [1.82, 2.24) is 9.78 Å². The molecule has 0 aliphatic rings. The van der Waals surface area contributed by atoms with Crippen LogP contribution in [0.25, 0.3) is 5.69 Å². The molecule has 5 heteroatoms. The van der Waals surface area contributed by atoms with Gasteiger partial charge in [-0.05, 0) is 32.4 Å². The van der Waals surface area contributed by atoms with E-state index in [0.717, 1.165) is 11.3 Å². The fourth-order valence-corrected chi connectivity index (χ4v) is 1.94. The van der Waals surface area contributed by atoms with Crippen molar-refractivity contribution < 1.29 is 9.53 Å². The Labute approximate surface area is 118 Å². The number of aryl methyl sites for hydroxylation is 1. The first-order valence-electron chi connectivity index (χ1n) is 6.66. The van der Waals surface area contributed by atoms with Gasteiger partial charge < -0.3 is 10.1 Å². The van der Waals surface area contributed by atoms with Crippen LogP contribution in [0.15, 0.2) is 36.5 Å². The SMILES string of the molecule is CCOC(C)C(=O)Nc1ccnn1-c1ccccc1C. The van der Waals surface area contributed by atoms with Crippen LogP contribution in [0.1, 0.15) is 19.4 Å². The van der Waals surface area contributed by atoms with Crippen LogP contribution in [0.5, 0.6) is 0 Å². The van der Waals surface area contributed by atoms with Crippen molar-refractivity contribution in [3.63, 3.8) is 0 Å². The summed E-state index contributed by atoms with van der Waals surface area (Å²) >= 11 is 0. The number of rotatable bonds is 5. The maximum Gasteiger partial charge on any atom is 0.254 e. The van der Waals surface area contributed by atoms with Crippen molar-refractivity contribution in [2.75, 3.05) is 11.9 Å². The van der Waals surface area contributed by atoms with Gasteiger partial charge in [-0.25, -0.2) is 4.68 Å². The minimum Gasteiger partial charge on any atom is -0.369 e. The van der Waals surface area contributed by atoms with Crippen LogP contribution in [0, 0.1) is 6.92 Å². The summed E-state index contributed by atoms with van der Waals surface area (Å²) in [5, 5.41) is 7.10. The van der Waals surface area contributed by atoms with Gasteiger partial charge in [0.15, 0.2) is 0 Å². The molecular formula is C15H19N3O2. The van der Waals surface area contributed by atoms with Gasteiger partial charge in [0, 0.05) is 12.7 Å². The summed E-state index contributed by atoms with van der Waals surface area (Å²) < 4.78 is 6.99. The van der Waals surface area contributed by atoms with Gasteiger partial charge >= 0.3 is 0 Å². The largest absolute Gasteiger partial charge is 0.369 e. The zero-order chi connectivity index (χ0) is 14.5. The molecule has 20 heavy (non-hydrogen) atoms. The van der Waals surface area contributed by atoms with Gasteiger partial charge in [0.05, 0.1) is 11.9 Å². The second-order valence-electron chi connectivity index (χ2n) is 4.50. The first kappa shape index (κ1) is 14.3. The molecular weight excluding hydrogens is 254 g/mol. The van der Waals surface area contributed by atoms with Gasteiger partial charge in [0.1, 0.15) is 11.9 Å². The Morgan fingerprint density at radius 3 is 2.85 bits per heavy atom. The third kappa shape index (κ3) is 3.05. The highest BCUT2D eigenvalue weighted by molar-refractivity contribution is 5.93. The second-order valence-corrected chi connectivity index (χ2v) is 4.50. The van der Waals surface area contributed by atoms with Crippen molar-refractivity contribution in [1.29, 1.82) is 0 Å². The lowest BCUT2D eigenvalue weighted by molar-refractivity contribution is -0.126. The van der Waals surface area contributed by atoms with E-state index in [1.54, 1.807) is 23.9 Å². The lowest BCUT2D eigenvalue weighted by atomic mass is 10.2. The quantitative estimate of drug-likeness (QED) is 0.910. The Kier molecular flexibility index (Phi) is 4.53.